The molecule has 10 heavy (non-hydrogen) atoms. The van der Waals surface area contributed by atoms with Crippen LogP contribution in [0.3, 0.4) is 0 Å². The Balaban J connectivity index is 3.03. The van der Waals surface area contributed by atoms with E-state index in [2.05, 4.69) is 6.92 Å². The number of aliphatic hydroxyl groups excluding tert-OH is 1. The van der Waals surface area contributed by atoms with Crippen LogP contribution in [0, 0.1) is 6.92 Å². The lowest BCUT2D eigenvalue weighted by atomic mass is 10.1. The van der Waals surface area contributed by atoms with E-state index in [1.165, 1.54) is 6.07 Å². The molecule has 2 heteroatoms. The fourth-order valence-corrected chi connectivity index (χ4v) is 0.769. The van der Waals surface area contributed by atoms with Crippen LogP contribution in [0.2, 0.25) is 0 Å². The quantitative estimate of drug-likeness (QED) is 0.611. The number of hydrogen-bond acceptors (Lipinski definition) is 2. The molecule has 0 bridgehead atoms. The zero-order valence-corrected chi connectivity index (χ0v) is 5.49. The van der Waals surface area contributed by atoms with Gasteiger partial charge in [0.25, 0.3) is 0 Å². The molecule has 0 saturated heterocycles. The summed E-state index contributed by atoms with van der Waals surface area (Å²) >= 11 is 0. The molecule has 0 aliphatic heterocycles. The van der Waals surface area contributed by atoms with Gasteiger partial charge in [-0.2, -0.15) is 0 Å². The first-order valence-corrected chi connectivity index (χ1v) is 3.01. The molecule has 1 aromatic carbocycles. The van der Waals surface area contributed by atoms with Crippen LogP contribution in [0.15, 0.2) is 24.3 Å². The summed E-state index contributed by atoms with van der Waals surface area (Å²) < 4.78 is 0. The predicted molar refractivity (Wildman–Crippen MR) is 38.4 cm³/mol. The van der Waals surface area contributed by atoms with Crippen molar-refractivity contribution in [3.63, 3.8) is 0 Å². The Hall–Kier alpha value is -1.02. The van der Waals surface area contributed by atoms with Crippen molar-refractivity contribution < 1.29 is 10.2 Å². The topological polar surface area (TPSA) is 40.5 Å². The highest BCUT2D eigenvalue weighted by Gasteiger charge is 2.03. The van der Waals surface area contributed by atoms with Gasteiger partial charge in [-0.05, 0) is 13.0 Å². The summed E-state index contributed by atoms with van der Waals surface area (Å²) in [5.74, 6) is 0.0880. The second-order valence-corrected chi connectivity index (χ2v) is 2.07. The van der Waals surface area contributed by atoms with E-state index >= 15 is 0 Å². The fraction of sp³-hybridized carbons (Fsp3) is 0.125. The zero-order valence-electron chi connectivity index (χ0n) is 5.49. The summed E-state index contributed by atoms with van der Waals surface area (Å²) in [6.07, 6.45) is -0.846. The number of hydrogen-bond donors (Lipinski definition) is 2. The Morgan fingerprint density at radius 2 is 1.90 bits per heavy atom. The van der Waals surface area contributed by atoms with Crippen molar-refractivity contribution in [1.29, 1.82) is 0 Å². The van der Waals surface area contributed by atoms with E-state index in [9.17, 15) is 0 Å². The van der Waals surface area contributed by atoms with Crippen LogP contribution in [0.4, 0.5) is 0 Å². The van der Waals surface area contributed by atoms with E-state index in [1.54, 1.807) is 18.2 Å². The minimum Gasteiger partial charge on any atom is -0.508 e. The molecule has 1 rings (SSSR count). The SMILES string of the molecule is [CH2]C(O)c1ccccc1O. The Labute approximate surface area is 59.7 Å². The zero-order chi connectivity index (χ0) is 7.56. The van der Waals surface area contributed by atoms with Gasteiger partial charge in [0, 0.05) is 5.56 Å². The molecule has 0 aliphatic rings. The van der Waals surface area contributed by atoms with Gasteiger partial charge in [0.1, 0.15) is 5.75 Å². The molecule has 0 fully saturated rings. The van der Waals surface area contributed by atoms with Crippen LogP contribution in [0.25, 0.3) is 0 Å². The van der Waals surface area contributed by atoms with Crippen LogP contribution in [0.5, 0.6) is 5.75 Å². The van der Waals surface area contributed by atoms with Gasteiger partial charge in [0.15, 0.2) is 0 Å². The molecular weight excluding hydrogens is 128 g/mol. The maximum absolute atomic E-state index is 9.08. The van der Waals surface area contributed by atoms with Crippen LogP contribution >= 0.6 is 0 Å². The van der Waals surface area contributed by atoms with Crippen molar-refractivity contribution in [1.82, 2.24) is 0 Å². The van der Waals surface area contributed by atoms with Gasteiger partial charge in [0.2, 0.25) is 0 Å². The highest BCUT2D eigenvalue weighted by atomic mass is 16.3. The van der Waals surface area contributed by atoms with Crippen molar-refractivity contribution in [2.75, 3.05) is 0 Å². The second kappa shape index (κ2) is 2.71. The summed E-state index contributed by atoms with van der Waals surface area (Å²) in [5.41, 5.74) is 0.461. The standard InChI is InChI=1S/C8H9O2/c1-6(9)7-4-2-3-5-8(7)10/h2-6,9-10H,1H2. The van der Waals surface area contributed by atoms with Gasteiger partial charge in [-0.3, -0.25) is 0 Å². The predicted octanol–water partition coefficient (Wildman–Crippen LogP) is 1.26. The molecule has 2 N–H and O–H groups in total. The molecule has 1 atom stereocenters. The van der Waals surface area contributed by atoms with Crippen molar-refractivity contribution in [3.8, 4) is 5.75 Å². The minimum absolute atomic E-state index is 0.0880. The van der Waals surface area contributed by atoms with Crippen molar-refractivity contribution in [2.45, 2.75) is 6.10 Å². The van der Waals surface area contributed by atoms with E-state index in [1.807, 2.05) is 0 Å². The molecule has 53 valence electrons. The van der Waals surface area contributed by atoms with Gasteiger partial charge in [0.05, 0.1) is 6.10 Å². The van der Waals surface area contributed by atoms with Gasteiger partial charge >= 0.3 is 0 Å². The average Bonchev–Trinajstić information content (AvgIpc) is 1.88. The van der Waals surface area contributed by atoms with E-state index in [0.717, 1.165) is 0 Å². The molecule has 1 unspecified atom stereocenters. The number of phenolic OH excluding ortho intramolecular Hbond substituents is 1. The minimum atomic E-state index is -0.846. The first-order valence-electron chi connectivity index (χ1n) is 3.01. The number of rotatable bonds is 1. The fourth-order valence-electron chi connectivity index (χ4n) is 0.769. The summed E-state index contributed by atoms with van der Waals surface area (Å²) in [5, 5.41) is 18.0. The number of phenols is 1. The van der Waals surface area contributed by atoms with Crippen molar-refractivity contribution in [3.05, 3.63) is 36.8 Å². The maximum Gasteiger partial charge on any atom is 0.121 e. The summed E-state index contributed by atoms with van der Waals surface area (Å²) in [6, 6.07) is 6.58. The van der Waals surface area contributed by atoms with E-state index in [-0.39, 0.29) is 5.75 Å². The van der Waals surface area contributed by atoms with Crippen LogP contribution < -0.4 is 0 Å². The maximum atomic E-state index is 9.08. The van der Waals surface area contributed by atoms with Gasteiger partial charge in [-0.1, -0.05) is 18.2 Å². The van der Waals surface area contributed by atoms with Crippen molar-refractivity contribution >= 4 is 0 Å². The molecular formula is C8H9O2. The molecule has 0 aromatic heterocycles. The summed E-state index contributed by atoms with van der Waals surface area (Å²) in [7, 11) is 0. The summed E-state index contributed by atoms with van der Waals surface area (Å²) in [6.45, 7) is 3.37. The Morgan fingerprint density at radius 1 is 1.30 bits per heavy atom. The largest absolute Gasteiger partial charge is 0.508 e. The number of aliphatic hydroxyl groups is 1. The van der Waals surface area contributed by atoms with Crippen LogP contribution in [-0.4, -0.2) is 10.2 Å². The average molecular weight is 137 g/mol. The lowest BCUT2D eigenvalue weighted by Gasteiger charge is -2.04. The lowest BCUT2D eigenvalue weighted by Crippen LogP contribution is -1.90. The third-order valence-corrected chi connectivity index (χ3v) is 1.30. The van der Waals surface area contributed by atoms with E-state index < -0.39 is 6.10 Å². The second-order valence-electron chi connectivity index (χ2n) is 2.07. The smallest absolute Gasteiger partial charge is 0.121 e. The van der Waals surface area contributed by atoms with E-state index in [0.29, 0.717) is 5.56 Å². The number of para-hydroxylation sites is 1. The van der Waals surface area contributed by atoms with Crippen LogP contribution in [0.1, 0.15) is 11.7 Å². The molecule has 0 spiro atoms. The monoisotopic (exact) mass is 137 g/mol. The molecule has 1 radical (unpaired) electrons. The Kier molecular flexibility index (Phi) is 1.92. The molecule has 0 amide bonds. The van der Waals surface area contributed by atoms with E-state index in [4.69, 9.17) is 10.2 Å². The van der Waals surface area contributed by atoms with Gasteiger partial charge < -0.3 is 10.2 Å². The van der Waals surface area contributed by atoms with Crippen molar-refractivity contribution in [2.24, 2.45) is 0 Å². The first-order chi connectivity index (χ1) is 4.72. The third-order valence-electron chi connectivity index (χ3n) is 1.30. The highest BCUT2D eigenvalue weighted by Crippen LogP contribution is 2.21. The Morgan fingerprint density at radius 3 is 2.30 bits per heavy atom. The number of benzene rings is 1. The molecule has 0 heterocycles. The summed E-state index contributed by atoms with van der Waals surface area (Å²) in [4.78, 5) is 0. The highest BCUT2D eigenvalue weighted by molar-refractivity contribution is 5.33. The Bertz CT molecular complexity index is 218. The first kappa shape index (κ1) is 7.09. The molecule has 0 saturated carbocycles. The lowest BCUT2D eigenvalue weighted by molar-refractivity contribution is 0.221. The normalized spacial score (nSPS) is 13.0. The van der Waals surface area contributed by atoms with Gasteiger partial charge in [-0.15, -0.1) is 0 Å². The van der Waals surface area contributed by atoms with Crippen LogP contribution in [-0.2, 0) is 0 Å². The number of aromatic hydroxyl groups is 1. The third kappa shape index (κ3) is 1.28. The molecule has 0 aliphatic carbocycles. The molecule has 1 aromatic rings. The van der Waals surface area contributed by atoms with Gasteiger partial charge in [-0.25, -0.2) is 0 Å². The molecule has 2 nitrogen and oxygen atoms in total.